The second kappa shape index (κ2) is 13.1. The maximum absolute atomic E-state index is 13.6. The minimum absolute atomic E-state index is 0.0364. The number of hydrogen-bond acceptors (Lipinski definition) is 4. The van der Waals surface area contributed by atoms with Crippen molar-refractivity contribution in [2.45, 2.75) is 50.6 Å². The number of piperidine rings is 1. The number of likely N-dealkylation sites (tertiary alicyclic amines) is 1. The molecule has 2 aliphatic rings. The number of benzene rings is 3. The molecule has 0 unspecified atom stereocenters. The molecule has 3 amide bonds. The third-order valence-corrected chi connectivity index (χ3v) is 8.47. The van der Waals surface area contributed by atoms with Gasteiger partial charge < -0.3 is 20.4 Å². The van der Waals surface area contributed by atoms with Crippen molar-refractivity contribution in [3.05, 3.63) is 96.1 Å². The molecule has 7 heteroatoms. The van der Waals surface area contributed by atoms with Crippen LogP contribution < -0.4 is 10.6 Å². The summed E-state index contributed by atoms with van der Waals surface area (Å²) < 4.78 is 0. The SMILES string of the molecule is CCCN1C(=O)[C@H](CCNC(=O)c2ccc(-c3ccccc3)cc2)NC(=O)C12CCN(CCc1ccccc1)CC2. The molecule has 7 nitrogen and oxygen atoms in total. The Morgan fingerprint density at radius 3 is 2.17 bits per heavy atom. The molecular weight excluding hydrogens is 512 g/mol. The highest BCUT2D eigenvalue weighted by atomic mass is 16.2. The van der Waals surface area contributed by atoms with E-state index >= 15 is 0 Å². The van der Waals surface area contributed by atoms with Crippen LogP contribution in [0.1, 0.15) is 48.5 Å². The highest BCUT2D eigenvalue weighted by Crippen LogP contribution is 2.33. The van der Waals surface area contributed by atoms with Crippen molar-refractivity contribution < 1.29 is 14.4 Å². The molecule has 0 radical (unpaired) electrons. The Balaban J connectivity index is 1.14. The molecule has 0 bridgehead atoms. The van der Waals surface area contributed by atoms with Gasteiger partial charge in [-0.2, -0.15) is 0 Å². The van der Waals surface area contributed by atoms with Crippen molar-refractivity contribution in [3.8, 4) is 11.1 Å². The first-order chi connectivity index (χ1) is 20.0. The minimum Gasteiger partial charge on any atom is -0.352 e. The quantitative estimate of drug-likeness (QED) is 0.393. The monoisotopic (exact) mass is 552 g/mol. The second-order valence-electron chi connectivity index (χ2n) is 11.1. The number of nitrogens with one attached hydrogen (secondary N) is 2. The van der Waals surface area contributed by atoms with Gasteiger partial charge in [-0.15, -0.1) is 0 Å². The molecule has 0 aromatic heterocycles. The molecule has 2 aliphatic heterocycles. The fourth-order valence-corrected chi connectivity index (χ4v) is 6.07. The smallest absolute Gasteiger partial charge is 0.251 e. The zero-order chi connectivity index (χ0) is 28.7. The molecule has 1 atom stereocenters. The number of piperazine rings is 1. The molecule has 3 aromatic carbocycles. The summed E-state index contributed by atoms with van der Waals surface area (Å²) in [7, 11) is 0. The first kappa shape index (κ1) is 28.6. The van der Waals surface area contributed by atoms with E-state index in [9.17, 15) is 14.4 Å². The molecule has 214 valence electrons. The van der Waals surface area contributed by atoms with Crippen molar-refractivity contribution in [3.63, 3.8) is 0 Å². The molecule has 2 heterocycles. The fourth-order valence-electron chi connectivity index (χ4n) is 6.07. The van der Waals surface area contributed by atoms with E-state index in [1.165, 1.54) is 5.56 Å². The van der Waals surface area contributed by atoms with Gasteiger partial charge in [0.15, 0.2) is 0 Å². The van der Waals surface area contributed by atoms with E-state index < -0.39 is 11.6 Å². The number of nitrogens with zero attached hydrogens (tertiary/aromatic N) is 2. The molecule has 2 saturated heterocycles. The molecule has 3 aromatic rings. The lowest BCUT2D eigenvalue weighted by Crippen LogP contribution is -2.73. The summed E-state index contributed by atoms with van der Waals surface area (Å²) >= 11 is 0. The van der Waals surface area contributed by atoms with Crippen LogP contribution in [0.4, 0.5) is 0 Å². The van der Waals surface area contributed by atoms with Crippen molar-refractivity contribution in [2.24, 2.45) is 0 Å². The maximum atomic E-state index is 13.6. The number of amides is 3. The Kier molecular flexibility index (Phi) is 9.14. The van der Waals surface area contributed by atoms with E-state index in [0.717, 1.165) is 43.6 Å². The zero-order valence-corrected chi connectivity index (χ0v) is 23.9. The zero-order valence-electron chi connectivity index (χ0n) is 23.9. The van der Waals surface area contributed by atoms with E-state index in [1.807, 2.05) is 72.5 Å². The average Bonchev–Trinajstić information content (AvgIpc) is 3.02. The van der Waals surface area contributed by atoms with Crippen LogP contribution in [0.15, 0.2) is 84.9 Å². The van der Waals surface area contributed by atoms with Gasteiger partial charge in [0.2, 0.25) is 11.8 Å². The van der Waals surface area contributed by atoms with Crippen molar-refractivity contribution in [2.75, 3.05) is 32.7 Å². The van der Waals surface area contributed by atoms with Gasteiger partial charge in [0, 0.05) is 38.3 Å². The van der Waals surface area contributed by atoms with Gasteiger partial charge in [-0.25, -0.2) is 0 Å². The Bertz CT molecular complexity index is 1320. The summed E-state index contributed by atoms with van der Waals surface area (Å²) in [5.41, 5.74) is 3.23. The predicted molar refractivity (Wildman–Crippen MR) is 161 cm³/mol. The summed E-state index contributed by atoms with van der Waals surface area (Å²) in [6, 6.07) is 27.3. The topological polar surface area (TPSA) is 81.8 Å². The summed E-state index contributed by atoms with van der Waals surface area (Å²) in [5, 5.41) is 5.95. The van der Waals surface area contributed by atoms with E-state index in [1.54, 1.807) is 0 Å². The van der Waals surface area contributed by atoms with Crippen LogP contribution in [0.2, 0.25) is 0 Å². The van der Waals surface area contributed by atoms with Gasteiger partial charge in [0.05, 0.1) is 0 Å². The fraction of sp³-hybridized carbons (Fsp3) is 0.382. The number of rotatable bonds is 10. The maximum Gasteiger partial charge on any atom is 0.251 e. The molecule has 2 fully saturated rings. The van der Waals surface area contributed by atoms with Crippen molar-refractivity contribution in [1.82, 2.24) is 20.4 Å². The number of carbonyl (C=O) groups is 3. The standard InChI is InChI=1S/C34H40N4O3/c1-2-22-38-32(40)30(17-21-35-31(39)29-15-13-28(14-16-29)27-11-7-4-8-12-27)36-33(41)34(38)19-24-37(25-20-34)23-18-26-9-5-3-6-10-26/h3-16,30H,2,17-25H2,1H3,(H,35,39)(H,36,41)/t30-/m0/s1. The Hall–Kier alpha value is -3.97. The highest BCUT2D eigenvalue weighted by Gasteiger charge is 2.53. The van der Waals surface area contributed by atoms with Gasteiger partial charge in [-0.1, -0.05) is 79.7 Å². The van der Waals surface area contributed by atoms with Crippen molar-refractivity contribution >= 4 is 17.7 Å². The van der Waals surface area contributed by atoms with E-state index in [-0.39, 0.29) is 17.7 Å². The van der Waals surface area contributed by atoms with Crippen LogP contribution in [-0.4, -0.2) is 71.8 Å². The van der Waals surface area contributed by atoms with Crippen LogP contribution >= 0.6 is 0 Å². The lowest BCUT2D eigenvalue weighted by Gasteiger charge is -2.51. The van der Waals surface area contributed by atoms with Crippen LogP contribution in [-0.2, 0) is 16.0 Å². The second-order valence-corrected chi connectivity index (χ2v) is 11.1. The average molecular weight is 553 g/mol. The molecule has 41 heavy (non-hydrogen) atoms. The predicted octanol–water partition coefficient (Wildman–Crippen LogP) is 4.29. The van der Waals surface area contributed by atoms with Gasteiger partial charge in [-0.05, 0) is 60.9 Å². The lowest BCUT2D eigenvalue weighted by molar-refractivity contribution is -0.161. The Labute approximate surface area is 242 Å². The van der Waals surface area contributed by atoms with Gasteiger partial charge in [0.25, 0.3) is 5.91 Å². The van der Waals surface area contributed by atoms with E-state index in [0.29, 0.717) is 37.9 Å². The summed E-state index contributed by atoms with van der Waals surface area (Å²) in [6.07, 6.45) is 3.41. The number of carbonyl (C=O) groups excluding carboxylic acids is 3. The largest absolute Gasteiger partial charge is 0.352 e. The Morgan fingerprint density at radius 2 is 1.51 bits per heavy atom. The third-order valence-electron chi connectivity index (χ3n) is 8.47. The lowest BCUT2D eigenvalue weighted by atomic mass is 9.81. The highest BCUT2D eigenvalue weighted by molar-refractivity contribution is 6.00. The van der Waals surface area contributed by atoms with Crippen LogP contribution in [0.3, 0.4) is 0 Å². The normalized spacial score (nSPS) is 18.8. The summed E-state index contributed by atoms with van der Waals surface area (Å²) in [6.45, 7) is 5.43. The molecule has 1 spiro atoms. The molecule has 0 aliphatic carbocycles. The summed E-state index contributed by atoms with van der Waals surface area (Å²) in [4.78, 5) is 44.2. The third kappa shape index (κ3) is 6.51. The first-order valence-electron chi connectivity index (χ1n) is 14.8. The van der Waals surface area contributed by atoms with Gasteiger partial charge in [-0.3, -0.25) is 14.4 Å². The van der Waals surface area contributed by atoms with Crippen LogP contribution in [0, 0.1) is 0 Å². The summed E-state index contributed by atoms with van der Waals surface area (Å²) in [5.74, 6) is -0.282. The first-order valence-corrected chi connectivity index (χ1v) is 14.8. The molecular formula is C34H40N4O3. The Morgan fingerprint density at radius 1 is 0.878 bits per heavy atom. The van der Waals surface area contributed by atoms with Gasteiger partial charge >= 0.3 is 0 Å². The molecule has 5 rings (SSSR count). The van der Waals surface area contributed by atoms with Crippen LogP contribution in [0.5, 0.6) is 0 Å². The van der Waals surface area contributed by atoms with E-state index in [2.05, 4.69) is 39.8 Å². The van der Waals surface area contributed by atoms with Crippen LogP contribution in [0.25, 0.3) is 11.1 Å². The van der Waals surface area contributed by atoms with Crippen molar-refractivity contribution in [1.29, 1.82) is 0 Å². The molecule has 2 N–H and O–H groups in total. The number of hydrogen-bond donors (Lipinski definition) is 2. The molecule has 0 saturated carbocycles. The minimum atomic E-state index is -0.781. The van der Waals surface area contributed by atoms with E-state index in [4.69, 9.17) is 0 Å². The van der Waals surface area contributed by atoms with Gasteiger partial charge in [0.1, 0.15) is 11.6 Å².